The summed E-state index contributed by atoms with van der Waals surface area (Å²) in [5.41, 5.74) is 2.19. The molecule has 204 valence electrons. The maximum absolute atomic E-state index is 12.6. The van der Waals surface area contributed by atoms with Crippen molar-refractivity contribution in [3.05, 3.63) is 125 Å². The van der Waals surface area contributed by atoms with Gasteiger partial charge >= 0.3 is 0 Å². The van der Waals surface area contributed by atoms with Crippen LogP contribution < -0.4 is 9.47 Å². The molecule has 0 aliphatic heterocycles. The highest BCUT2D eigenvalue weighted by Crippen LogP contribution is 2.41. The van der Waals surface area contributed by atoms with Gasteiger partial charge < -0.3 is 19.3 Å². The van der Waals surface area contributed by atoms with Crippen LogP contribution in [0.15, 0.2) is 108 Å². The maximum Gasteiger partial charge on any atom is 0.297 e. The summed E-state index contributed by atoms with van der Waals surface area (Å²) in [6.45, 7) is 1.19. The molecule has 0 bridgehead atoms. The molecule has 0 unspecified atom stereocenters. The van der Waals surface area contributed by atoms with E-state index in [0.717, 1.165) is 22.3 Å². The lowest BCUT2D eigenvalue weighted by Crippen LogP contribution is -2.37. The van der Waals surface area contributed by atoms with Crippen LogP contribution in [-0.2, 0) is 24.6 Å². The minimum Gasteiger partial charge on any atom is -0.497 e. The monoisotopic (exact) mass is 548 g/mol. The van der Waals surface area contributed by atoms with E-state index in [0.29, 0.717) is 11.5 Å². The van der Waals surface area contributed by atoms with E-state index in [1.807, 2.05) is 85.8 Å². The van der Waals surface area contributed by atoms with Gasteiger partial charge in [-0.1, -0.05) is 72.3 Å². The molecule has 8 heteroatoms. The Morgan fingerprint density at radius 2 is 1.18 bits per heavy atom. The summed E-state index contributed by atoms with van der Waals surface area (Å²) in [7, 11) is -0.846. The Kier molecular flexibility index (Phi) is 9.04. The molecule has 1 N–H and O–H groups in total. The number of rotatable bonds is 12. The Balaban J connectivity index is 1.66. The third-order valence-corrected chi connectivity index (χ3v) is 7.69. The first-order valence-corrected chi connectivity index (χ1v) is 13.8. The van der Waals surface area contributed by atoms with Gasteiger partial charge in [-0.15, -0.1) is 0 Å². The average molecular weight is 549 g/mol. The third kappa shape index (κ3) is 6.49. The zero-order valence-electron chi connectivity index (χ0n) is 22.1. The minimum atomic E-state index is -4.04. The van der Waals surface area contributed by atoms with Crippen LogP contribution >= 0.6 is 0 Å². The molecule has 0 saturated heterocycles. The molecule has 1 atom stereocenters. The molecule has 0 saturated carbocycles. The largest absolute Gasteiger partial charge is 0.497 e. The highest BCUT2D eigenvalue weighted by Gasteiger charge is 2.38. The molecule has 4 aromatic carbocycles. The van der Waals surface area contributed by atoms with Gasteiger partial charge in [0.25, 0.3) is 10.1 Å². The molecule has 0 radical (unpaired) electrons. The predicted molar refractivity (Wildman–Crippen MR) is 149 cm³/mol. The maximum atomic E-state index is 12.6. The van der Waals surface area contributed by atoms with Crippen LogP contribution in [0.2, 0.25) is 0 Å². The Labute approximate surface area is 229 Å². The number of hydrogen-bond donors (Lipinski definition) is 1. The van der Waals surface area contributed by atoms with Crippen molar-refractivity contribution in [1.29, 1.82) is 0 Å². The number of aliphatic hydroxyl groups excluding tert-OH is 1. The molecule has 0 aromatic heterocycles. The summed E-state index contributed by atoms with van der Waals surface area (Å²) in [6.07, 6.45) is -1.23. The molecule has 0 spiro atoms. The topological polar surface area (TPSA) is 91.3 Å². The quantitative estimate of drug-likeness (QED) is 0.195. The van der Waals surface area contributed by atoms with Gasteiger partial charge in [0.05, 0.1) is 32.3 Å². The summed E-state index contributed by atoms with van der Waals surface area (Å²) >= 11 is 0. The van der Waals surface area contributed by atoms with E-state index in [1.165, 1.54) is 12.1 Å². The Hall–Kier alpha value is -3.69. The molecule has 0 fully saturated rings. The number of ether oxygens (including phenoxy) is 3. The van der Waals surface area contributed by atoms with Crippen molar-refractivity contribution in [2.45, 2.75) is 23.5 Å². The van der Waals surface area contributed by atoms with Gasteiger partial charge in [0, 0.05) is 0 Å². The van der Waals surface area contributed by atoms with Crippen LogP contribution in [-0.4, -0.2) is 47.1 Å². The Morgan fingerprint density at radius 3 is 1.67 bits per heavy atom. The summed E-state index contributed by atoms with van der Waals surface area (Å²) in [4.78, 5) is 0.0244. The van der Waals surface area contributed by atoms with Gasteiger partial charge in [0.1, 0.15) is 23.2 Å². The zero-order valence-corrected chi connectivity index (χ0v) is 22.9. The van der Waals surface area contributed by atoms with Crippen molar-refractivity contribution in [2.75, 3.05) is 27.4 Å². The average Bonchev–Trinajstić information content (AvgIpc) is 2.98. The lowest BCUT2D eigenvalue weighted by molar-refractivity contribution is -0.0488. The molecular weight excluding hydrogens is 516 g/mol. The van der Waals surface area contributed by atoms with Crippen molar-refractivity contribution in [1.82, 2.24) is 0 Å². The Morgan fingerprint density at radius 1 is 0.692 bits per heavy atom. The zero-order chi connectivity index (χ0) is 27.9. The minimum absolute atomic E-state index is 0.0244. The lowest BCUT2D eigenvalue weighted by atomic mass is 9.80. The van der Waals surface area contributed by atoms with Crippen LogP contribution in [0.3, 0.4) is 0 Å². The number of aliphatic hydroxyl groups is 1. The first-order valence-electron chi connectivity index (χ1n) is 12.4. The first-order chi connectivity index (χ1) is 18.8. The molecule has 0 aliphatic rings. The Bertz CT molecular complexity index is 1390. The third-order valence-electron chi connectivity index (χ3n) is 6.39. The van der Waals surface area contributed by atoms with E-state index >= 15 is 0 Å². The highest BCUT2D eigenvalue weighted by molar-refractivity contribution is 7.86. The molecule has 39 heavy (non-hydrogen) atoms. The number of methoxy groups -OCH3 is 2. The summed E-state index contributed by atoms with van der Waals surface area (Å²) in [6, 6.07) is 30.9. The van der Waals surface area contributed by atoms with Gasteiger partial charge in [-0.25, -0.2) is 0 Å². The van der Waals surface area contributed by atoms with Crippen molar-refractivity contribution < 1.29 is 31.9 Å². The number of hydrogen-bond acceptors (Lipinski definition) is 7. The lowest BCUT2D eigenvalue weighted by Gasteiger charge is -2.36. The molecule has 4 aromatic rings. The molecular formula is C31H32O7S. The summed E-state index contributed by atoms with van der Waals surface area (Å²) in [5, 5.41) is 10.8. The van der Waals surface area contributed by atoms with Crippen molar-refractivity contribution in [2.24, 2.45) is 0 Å². The van der Waals surface area contributed by atoms with Crippen LogP contribution in [0, 0.1) is 6.92 Å². The van der Waals surface area contributed by atoms with Gasteiger partial charge in [-0.2, -0.15) is 8.42 Å². The van der Waals surface area contributed by atoms with Gasteiger partial charge in [-0.05, 0) is 60.0 Å². The fraction of sp³-hybridized carbons (Fsp3) is 0.226. The second kappa shape index (κ2) is 12.4. The molecule has 7 nitrogen and oxygen atoms in total. The van der Waals surface area contributed by atoms with Gasteiger partial charge in [0.15, 0.2) is 0 Å². The van der Waals surface area contributed by atoms with Crippen LogP contribution in [0.5, 0.6) is 11.5 Å². The predicted octanol–water partition coefficient (Wildman–Crippen LogP) is 5.09. The van der Waals surface area contributed by atoms with E-state index in [9.17, 15) is 13.5 Å². The standard InChI is InChI=1S/C31H32O7S/c1-23-9-19-30(20-10-23)39(33,34)38-22-27(32)21-37-31(24-7-5-4-6-8-24,25-11-15-28(35-2)16-12-25)26-13-17-29(36-3)18-14-26/h4-20,27,32H,21-22H2,1-3H3/t27-/m1/s1. The van der Waals surface area contributed by atoms with Crippen LogP contribution in [0.4, 0.5) is 0 Å². The molecule has 4 rings (SSSR count). The van der Waals surface area contributed by atoms with E-state index in [2.05, 4.69) is 0 Å². The summed E-state index contributed by atoms with van der Waals surface area (Å²) < 4.78 is 47.7. The van der Waals surface area contributed by atoms with E-state index in [-0.39, 0.29) is 11.5 Å². The van der Waals surface area contributed by atoms with Crippen molar-refractivity contribution in [3.8, 4) is 11.5 Å². The van der Waals surface area contributed by atoms with Gasteiger partial charge in [0.2, 0.25) is 0 Å². The molecule has 0 aliphatic carbocycles. The highest BCUT2D eigenvalue weighted by atomic mass is 32.2. The first kappa shape index (κ1) is 28.3. The fourth-order valence-electron chi connectivity index (χ4n) is 4.28. The number of aryl methyl sites for hydroxylation is 1. The second-order valence-corrected chi connectivity index (χ2v) is 10.6. The van der Waals surface area contributed by atoms with Crippen molar-refractivity contribution >= 4 is 10.1 Å². The van der Waals surface area contributed by atoms with E-state index < -0.39 is 28.4 Å². The van der Waals surface area contributed by atoms with Gasteiger partial charge in [-0.3, -0.25) is 4.18 Å². The normalized spacial score (nSPS) is 12.6. The van der Waals surface area contributed by atoms with Crippen LogP contribution in [0.25, 0.3) is 0 Å². The summed E-state index contributed by atoms with van der Waals surface area (Å²) in [5.74, 6) is 1.37. The second-order valence-electron chi connectivity index (χ2n) is 9.02. The van der Waals surface area contributed by atoms with Crippen LogP contribution in [0.1, 0.15) is 22.3 Å². The van der Waals surface area contributed by atoms with Crippen molar-refractivity contribution in [3.63, 3.8) is 0 Å². The number of benzene rings is 4. The molecule has 0 amide bonds. The smallest absolute Gasteiger partial charge is 0.297 e. The van der Waals surface area contributed by atoms with E-state index in [1.54, 1.807) is 26.4 Å². The SMILES string of the molecule is COc1ccc(C(OC[C@@H](O)COS(=O)(=O)c2ccc(C)cc2)(c2ccccc2)c2ccc(OC)cc2)cc1. The van der Waals surface area contributed by atoms with E-state index in [4.69, 9.17) is 18.4 Å². The molecule has 0 heterocycles. The fourth-order valence-corrected chi connectivity index (χ4v) is 5.23.